The Morgan fingerprint density at radius 3 is 2.74 bits per heavy atom. The van der Waals surface area contributed by atoms with E-state index in [0.29, 0.717) is 12.0 Å². The smallest absolute Gasteiger partial charge is 0.123 e. The van der Waals surface area contributed by atoms with Crippen molar-refractivity contribution >= 4 is 0 Å². The van der Waals surface area contributed by atoms with Gasteiger partial charge in [0.05, 0.1) is 0 Å². The van der Waals surface area contributed by atoms with Crippen molar-refractivity contribution in [3.05, 3.63) is 35.6 Å². The van der Waals surface area contributed by atoms with E-state index in [1.54, 1.807) is 12.1 Å². The minimum atomic E-state index is -0.160. The van der Waals surface area contributed by atoms with Crippen LogP contribution in [-0.2, 0) is 11.2 Å². The Bertz CT molecular complexity index is 354. The van der Waals surface area contributed by atoms with Crippen LogP contribution < -0.4 is 5.32 Å². The first-order valence-electron chi connectivity index (χ1n) is 7.13. The molecule has 3 heteroatoms. The molecular weight excluding hydrogens is 241 g/mol. The van der Waals surface area contributed by atoms with Crippen LogP contribution >= 0.6 is 0 Å². The van der Waals surface area contributed by atoms with Gasteiger partial charge in [0.2, 0.25) is 0 Å². The minimum absolute atomic E-state index is 0.160. The highest BCUT2D eigenvalue weighted by atomic mass is 19.1. The second-order valence-corrected chi connectivity index (χ2v) is 5.51. The monoisotopic (exact) mass is 267 g/mol. The van der Waals surface area contributed by atoms with Gasteiger partial charge in [0, 0.05) is 19.3 Å². The van der Waals surface area contributed by atoms with Crippen LogP contribution in [0.5, 0.6) is 0 Å². The molecule has 19 heavy (non-hydrogen) atoms. The van der Waals surface area contributed by atoms with Crippen molar-refractivity contribution in [1.82, 2.24) is 5.32 Å². The molecule has 1 unspecified atom stereocenters. The second kappa shape index (κ2) is 9.05. The highest BCUT2D eigenvalue weighted by Crippen LogP contribution is 2.06. The van der Waals surface area contributed by atoms with Gasteiger partial charge in [0.15, 0.2) is 0 Å². The van der Waals surface area contributed by atoms with Crippen LogP contribution in [-0.4, -0.2) is 25.8 Å². The van der Waals surface area contributed by atoms with Crippen molar-refractivity contribution < 1.29 is 9.13 Å². The van der Waals surface area contributed by atoms with Crippen LogP contribution in [0.1, 0.15) is 32.8 Å². The standard InChI is InChI=1S/C16H26FNO/c1-13(2)12-19-9-5-8-18-14(3)10-15-6-4-7-16(17)11-15/h4,6-7,11,13-14,18H,5,8-10,12H2,1-3H3. The predicted molar refractivity (Wildman–Crippen MR) is 77.8 cm³/mol. The van der Waals surface area contributed by atoms with E-state index in [2.05, 4.69) is 26.1 Å². The van der Waals surface area contributed by atoms with Crippen molar-refractivity contribution in [2.45, 2.75) is 39.7 Å². The van der Waals surface area contributed by atoms with Crippen molar-refractivity contribution in [3.63, 3.8) is 0 Å². The van der Waals surface area contributed by atoms with Crippen LogP contribution in [0.3, 0.4) is 0 Å². The molecule has 0 aliphatic heterocycles. The molecule has 0 fully saturated rings. The highest BCUT2D eigenvalue weighted by molar-refractivity contribution is 5.17. The number of hydrogen-bond acceptors (Lipinski definition) is 2. The largest absolute Gasteiger partial charge is 0.381 e. The third kappa shape index (κ3) is 7.96. The molecule has 0 amide bonds. The van der Waals surface area contributed by atoms with Crippen LogP contribution in [0.25, 0.3) is 0 Å². The zero-order chi connectivity index (χ0) is 14.1. The average Bonchev–Trinajstić information content (AvgIpc) is 2.33. The van der Waals surface area contributed by atoms with E-state index in [9.17, 15) is 4.39 Å². The van der Waals surface area contributed by atoms with Crippen LogP contribution in [0.2, 0.25) is 0 Å². The molecule has 0 radical (unpaired) electrons. The first-order valence-corrected chi connectivity index (χ1v) is 7.13. The van der Waals surface area contributed by atoms with Gasteiger partial charge in [-0.05, 0) is 49.9 Å². The molecule has 1 rings (SSSR count). The maximum absolute atomic E-state index is 13.0. The fourth-order valence-electron chi connectivity index (χ4n) is 1.93. The molecule has 1 N–H and O–H groups in total. The lowest BCUT2D eigenvalue weighted by Gasteiger charge is -2.14. The van der Waals surface area contributed by atoms with Crippen molar-refractivity contribution in [2.75, 3.05) is 19.8 Å². The Morgan fingerprint density at radius 2 is 2.05 bits per heavy atom. The van der Waals surface area contributed by atoms with Crippen LogP contribution in [0.15, 0.2) is 24.3 Å². The molecule has 108 valence electrons. The second-order valence-electron chi connectivity index (χ2n) is 5.51. The minimum Gasteiger partial charge on any atom is -0.381 e. The lowest BCUT2D eigenvalue weighted by atomic mass is 10.1. The van der Waals surface area contributed by atoms with E-state index >= 15 is 0 Å². The Kier molecular flexibility index (Phi) is 7.68. The maximum atomic E-state index is 13.0. The predicted octanol–water partition coefficient (Wildman–Crippen LogP) is 3.41. The van der Waals surface area contributed by atoms with Crippen LogP contribution in [0, 0.1) is 11.7 Å². The topological polar surface area (TPSA) is 21.3 Å². The van der Waals surface area contributed by atoms with Crippen molar-refractivity contribution in [2.24, 2.45) is 5.92 Å². The van der Waals surface area contributed by atoms with Gasteiger partial charge in [-0.3, -0.25) is 0 Å². The molecule has 0 spiro atoms. The molecule has 2 nitrogen and oxygen atoms in total. The fraction of sp³-hybridized carbons (Fsp3) is 0.625. The lowest BCUT2D eigenvalue weighted by Crippen LogP contribution is -2.29. The summed E-state index contributed by atoms with van der Waals surface area (Å²) in [5, 5.41) is 3.44. The van der Waals surface area contributed by atoms with E-state index in [1.165, 1.54) is 6.07 Å². The third-order valence-electron chi connectivity index (χ3n) is 2.84. The molecule has 1 aromatic carbocycles. The van der Waals surface area contributed by atoms with Gasteiger partial charge in [0.25, 0.3) is 0 Å². The number of nitrogens with one attached hydrogen (secondary N) is 1. The summed E-state index contributed by atoms with van der Waals surface area (Å²) in [5.74, 6) is 0.437. The highest BCUT2D eigenvalue weighted by Gasteiger charge is 2.03. The average molecular weight is 267 g/mol. The van der Waals surface area contributed by atoms with E-state index < -0.39 is 0 Å². The first kappa shape index (κ1) is 16.1. The summed E-state index contributed by atoms with van der Waals surface area (Å²) in [6.45, 7) is 9.00. The van der Waals surface area contributed by atoms with Gasteiger partial charge in [-0.2, -0.15) is 0 Å². The molecule has 0 aromatic heterocycles. The third-order valence-corrected chi connectivity index (χ3v) is 2.84. The van der Waals surface area contributed by atoms with Crippen molar-refractivity contribution in [1.29, 1.82) is 0 Å². The van der Waals surface area contributed by atoms with E-state index in [-0.39, 0.29) is 5.82 Å². The van der Waals surface area contributed by atoms with Gasteiger partial charge < -0.3 is 10.1 Å². The van der Waals surface area contributed by atoms with Gasteiger partial charge in [-0.25, -0.2) is 4.39 Å². The molecule has 0 heterocycles. The Hall–Kier alpha value is -0.930. The molecule has 0 aliphatic carbocycles. The normalized spacial score (nSPS) is 12.9. The Morgan fingerprint density at radius 1 is 1.26 bits per heavy atom. The zero-order valence-electron chi connectivity index (χ0n) is 12.3. The molecular formula is C16H26FNO. The molecule has 1 aromatic rings. The van der Waals surface area contributed by atoms with Gasteiger partial charge in [0.1, 0.15) is 5.82 Å². The molecule has 0 aliphatic rings. The summed E-state index contributed by atoms with van der Waals surface area (Å²) in [7, 11) is 0. The Labute approximate surface area is 116 Å². The number of hydrogen-bond donors (Lipinski definition) is 1. The fourth-order valence-corrected chi connectivity index (χ4v) is 1.93. The molecule has 0 saturated heterocycles. The summed E-state index contributed by atoms with van der Waals surface area (Å²) in [4.78, 5) is 0. The summed E-state index contributed by atoms with van der Waals surface area (Å²) >= 11 is 0. The molecule has 0 bridgehead atoms. The number of benzene rings is 1. The van der Waals surface area contributed by atoms with Gasteiger partial charge in [-0.1, -0.05) is 26.0 Å². The van der Waals surface area contributed by atoms with Crippen LogP contribution in [0.4, 0.5) is 4.39 Å². The summed E-state index contributed by atoms with van der Waals surface area (Å²) in [6.07, 6.45) is 1.87. The zero-order valence-corrected chi connectivity index (χ0v) is 12.3. The van der Waals surface area contributed by atoms with E-state index in [0.717, 1.165) is 38.2 Å². The quantitative estimate of drug-likeness (QED) is 0.692. The van der Waals surface area contributed by atoms with E-state index in [4.69, 9.17) is 4.74 Å². The number of rotatable bonds is 9. The Balaban J connectivity index is 2.09. The number of halogens is 1. The first-order chi connectivity index (χ1) is 9.08. The summed E-state index contributed by atoms with van der Waals surface area (Å²) in [5.41, 5.74) is 1.04. The molecule has 1 atom stereocenters. The maximum Gasteiger partial charge on any atom is 0.123 e. The van der Waals surface area contributed by atoms with E-state index in [1.807, 2.05) is 6.07 Å². The summed E-state index contributed by atoms with van der Waals surface area (Å²) < 4.78 is 18.6. The van der Waals surface area contributed by atoms with Crippen molar-refractivity contribution in [3.8, 4) is 0 Å². The number of ether oxygens (including phenoxy) is 1. The lowest BCUT2D eigenvalue weighted by molar-refractivity contribution is 0.107. The van der Waals surface area contributed by atoms with Gasteiger partial charge in [-0.15, -0.1) is 0 Å². The van der Waals surface area contributed by atoms with Gasteiger partial charge >= 0.3 is 0 Å². The summed E-state index contributed by atoms with van der Waals surface area (Å²) in [6, 6.07) is 7.16. The SMILES string of the molecule is CC(C)COCCCNC(C)Cc1cccc(F)c1. The molecule has 0 saturated carbocycles.